The topological polar surface area (TPSA) is 153 Å². The highest BCUT2D eigenvalue weighted by atomic mass is 35.5. The molecule has 37 heavy (non-hydrogen) atoms. The lowest BCUT2D eigenvalue weighted by Gasteiger charge is -2.13. The minimum absolute atomic E-state index is 0.0116. The first-order valence-corrected chi connectivity index (χ1v) is 12.8. The van der Waals surface area contributed by atoms with Crippen LogP contribution in [0.1, 0.15) is 36.6 Å². The molecule has 0 radical (unpaired) electrons. The number of primary sulfonamides is 1. The molecule has 3 aromatic carbocycles. The molecule has 0 aliphatic carbocycles. The van der Waals surface area contributed by atoms with Gasteiger partial charge in [0, 0.05) is 11.6 Å². The van der Waals surface area contributed by atoms with E-state index < -0.39 is 40.3 Å². The fourth-order valence-corrected chi connectivity index (χ4v) is 4.29. The van der Waals surface area contributed by atoms with Crippen LogP contribution in [0, 0.1) is 0 Å². The summed E-state index contributed by atoms with van der Waals surface area (Å²) in [7, 11) is -3.78. The second kappa shape index (κ2) is 10.5. The zero-order valence-corrected chi connectivity index (χ0v) is 20.7. The number of amides is 3. The van der Waals surface area contributed by atoms with Crippen LogP contribution in [0.15, 0.2) is 71.6 Å². The van der Waals surface area contributed by atoms with Crippen LogP contribution in [-0.4, -0.2) is 45.3 Å². The highest BCUT2D eigenvalue weighted by Gasteiger charge is 2.37. The maximum absolute atomic E-state index is 12.9. The summed E-state index contributed by atoms with van der Waals surface area (Å²) < 4.78 is 27.6. The van der Waals surface area contributed by atoms with Crippen LogP contribution in [-0.2, 0) is 26.0 Å². The van der Waals surface area contributed by atoms with E-state index >= 15 is 0 Å². The van der Waals surface area contributed by atoms with Crippen LogP contribution in [0.3, 0.4) is 0 Å². The van der Waals surface area contributed by atoms with Crippen molar-refractivity contribution < 1.29 is 32.3 Å². The van der Waals surface area contributed by atoms with Crippen molar-refractivity contribution in [1.29, 1.82) is 0 Å². The van der Waals surface area contributed by atoms with Crippen molar-refractivity contribution in [3.8, 4) is 0 Å². The Labute approximate surface area is 217 Å². The van der Waals surface area contributed by atoms with Gasteiger partial charge in [-0.25, -0.2) is 23.3 Å². The molecule has 1 aliphatic heterocycles. The van der Waals surface area contributed by atoms with Gasteiger partial charge in [-0.1, -0.05) is 23.7 Å². The van der Waals surface area contributed by atoms with E-state index in [9.17, 15) is 27.6 Å². The van der Waals surface area contributed by atoms with Gasteiger partial charge in [-0.05, 0) is 66.6 Å². The van der Waals surface area contributed by atoms with Gasteiger partial charge in [0.15, 0.2) is 6.61 Å². The van der Waals surface area contributed by atoms with Crippen molar-refractivity contribution in [2.45, 2.75) is 11.3 Å². The summed E-state index contributed by atoms with van der Waals surface area (Å²) in [5.74, 6) is -2.50. The number of rotatable bonds is 8. The first-order valence-electron chi connectivity index (χ1n) is 10.9. The number of nitrogens with one attached hydrogen (secondary N) is 1. The van der Waals surface area contributed by atoms with Gasteiger partial charge in [0.25, 0.3) is 17.7 Å². The molecule has 3 N–H and O–H groups in total. The Morgan fingerprint density at radius 1 is 0.919 bits per heavy atom. The number of benzene rings is 3. The third-order valence-corrected chi connectivity index (χ3v) is 6.71. The number of ether oxygens (including phenoxy) is 1. The molecular formula is C25H20ClN3O7S. The van der Waals surface area contributed by atoms with Gasteiger partial charge < -0.3 is 10.1 Å². The largest absolute Gasteiger partial charge is 0.452 e. The second-order valence-electron chi connectivity index (χ2n) is 8.05. The molecule has 4 rings (SSSR count). The van der Waals surface area contributed by atoms with E-state index in [-0.39, 0.29) is 28.1 Å². The van der Waals surface area contributed by atoms with E-state index in [2.05, 4.69) is 5.32 Å². The van der Waals surface area contributed by atoms with Crippen LogP contribution in [0.2, 0.25) is 5.02 Å². The SMILES string of the molecule is NS(=O)(=O)c1ccc(CCNC(=O)COC(=O)c2ccc3c(c2)C(=O)N(c2ccc(Cl)cc2)C3=O)cc1. The molecule has 0 spiro atoms. The third kappa shape index (κ3) is 5.85. The highest BCUT2D eigenvalue weighted by Crippen LogP contribution is 2.30. The molecule has 0 unspecified atom stereocenters. The number of halogens is 1. The Morgan fingerprint density at radius 2 is 1.57 bits per heavy atom. The van der Waals surface area contributed by atoms with E-state index in [4.69, 9.17) is 21.5 Å². The fraction of sp³-hybridized carbons (Fsp3) is 0.120. The zero-order chi connectivity index (χ0) is 26.7. The molecule has 0 atom stereocenters. The summed E-state index contributed by atoms with van der Waals surface area (Å²) in [6.07, 6.45) is 0.412. The van der Waals surface area contributed by atoms with Crippen LogP contribution in [0.4, 0.5) is 5.69 Å². The lowest BCUT2D eigenvalue weighted by atomic mass is 10.1. The Kier molecular flexibility index (Phi) is 7.39. The number of nitrogens with zero attached hydrogens (tertiary/aromatic N) is 1. The summed E-state index contributed by atoms with van der Waals surface area (Å²) in [5, 5.41) is 8.10. The van der Waals surface area contributed by atoms with E-state index in [0.717, 1.165) is 10.5 Å². The van der Waals surface area contributed by atoms with E-state index in [1.54, 1.807) is 24.3 Å². The van der Waals surface area contributed by atoms with Crippen molar-refractivity contribution in [1.82, 2.24) is 5.32 Å². The molecule has 3 aromatic rings. The maximum atomic E-state index is 12.9. The number of carbonyl (C=O) groups excluding carboxylic acids is 4. The molecule has 1 heterocycles. The Morgan fingerprint density at radius 3 is 2.22 bits per heavy atom. The molecule has 1 aliphatic rings. The zero-order valence-electron chi connectivity index (χ0n) is 19.1. The molecule has 190 valence electrons. The standard InChI is InChI=1S/C25H20ClN3O7S/c26-17-4-6-18(7-5-17)29-23(31)20-10-3-16(13-21(20)24(29)32)25(33)36-14-22(30)28-12-11-15-1-8-19(9-2-15)37(27,34)35/h1-10,13H,11-12,14H2,(H,28,30)(H2,27,34,35). The van der Waals surface area contributed by atoms with Gasteiger partial charge in [0.2, 0.25) is 10.0 Å². The average Bonchev–Trinajstić information content (AvgIpc) is 3.12. The molecule has 0 aromatic heterocycles. The number of fused-ring (bicyclic) bond motifs is 1. The van der Waals surface area contributed by atoms with Crippen LogP contribution in [0.25, 0.3) is 0 Å². The van der Waals surface area contributed by atoms with Crippen LogP contribution < -0.4 is 15.4 Å². The fourth-order valence-electron chi connectivity index (χ4n) is 3.65. The number of hydrogen-bond donors (Lipinski definition) is 2. The molecule has 0 saturated carbocycles. The predicted molar refractivity (Wildman–Crippen MR) is 134 cm³/mol. The molecule has 3 amide bonds. The molecule has 0 saturated heterocycles. The van der Waals surface area contributed by atoms with Gasteiger partial charge in [0.1, 0.15) is 0 Å². The first kappa shape index (κ1) is 26.0. The van der Waals surface area contributed by atoms with Gasteiger partial charge in [-0.2, -0.15) is 0 Å². The average molecular weight is 542 g/mol. The third-order valence-electron chi connectivity index (χ3n) is 5.53. The summed E-state index contributed by atoms with van der Waals surface area (Å²) in [6, 6.07) is 16.1. The monoisotopic (exact) mass is 541 g/mol. The quantitative estimate of drug-likeness (QED) is 0.328. The Balaban J connectivity index is 1.31. The summed E-state index contributed by atoms with van der Waals surface area (Å²) in [6.45, 7) is -0.328. The van der Waals surface area contributed by atoms with Crippen LogP contribution in [0.5, 0.6) is 0 Å². The number of anilines is 1. The Bertz CT molecular complexity index is 1500. The number of sulfonamides is 1. The van der Waals surface area contributed by atoms with Gasteiger partial charge in [-0.15, -0.1) is 0 Å². The van der Waals surface area contributed by atoms with Crippen molar-refractivity contribution in [2.24, 2.45) is 5.14 Å². The maximum Gasteiger partial charge on any atom is 0.338 e. The molecule has 0 bridgehead atoms. The number of nitrogens with two attached hydrogens (primary N) is 1. The van der Waals surface area contributed by atoms with E-state index in [1.165, 1.54) is 42.5 Å². The second-order valence-corrected chi connectivity index (χ2v) is 10.0. The highest BCUT2D eigenvalue weighted by molar-refractivity contribution is 7.89. The summed E-state index contributed by atoms with van der Waals surface area (Å²) in [5.41, 5.74) is 1.32. The molecule has 10 nitrogen and oxygen atoms in total. The van der Waals surface area contributed by atoms with Gasteiger partial charge >= 0.3 is 5.97 Å². The minimum atomic E-state index is -3.78. The number of esters is 1. The lowest BCUT2D eigenvalue weighted by Crippen LogP contribution is -2.30. The summed E-state index contributed by atoms with van der Waals surface area (Å²) in [4.78, 5) is 51.1. The number of hydrogen-bond acceptors (Lipinski definition) is 7. The predicted octanol–water partition coefficient (Wildman–Crippen LogP) is 2.30. The van der Waals surface area contributed by atoms with Gasteiger partial charge in [0.05, 0.1) is 27.3 Å². The molecular weight excluding hydrogens is 522 g/mol. The van der Waals surface area contributed by atoms with Crippen LogP contribution >= 0.6 is 11.6 Å². The van der Waals surface area contributed by atoms with Crippen molar-refractivity contribution >= 4 is 51.0 Å². The first-order chi connectivity index (χ1) is 17.5. The number of carbonyl (C=O) groups is 4. The van der Waals surface area contributed by atoms with Crippen molar-refractivity contribution in [3.05, 3.63) is 94.0 Å². The summed E-state index contributed by atoms with van der Waals surface area (Å²) >= 11 is 5.87. The smallest absolute Gasteiger partial charge is 0.338 e. The molecule has 12 heteroatoms. The molecule has 0 fully saturated rings. The van der Waals surface area contributed by atoms with E-state index in [0.29, 0.717) is 17.1 Å². The van der Waals surface area contributed by atoms with E-state index in [1.807, 2.05) is 0 Å². The minimum Gasteiger partial charge on any atom is -0.452 e. The lowest BCUT2D eigenvalue weighted by molar-refractivity contribution is -0.124. The van der Waals surface area contributed by atoms with Gasteiger partial charge in [-0.3, -0.25) is 14.4 Å². The Hall–Kier alpha value is -4.06. The normalized spacial score (nSPS) is 12.9. The van der Waals surface area contributed by atoms with Crippen molar-refractivity contribution in [3.63, 3.8) is 0 Å². The number of imide groups is 1. The van der Waals surface area contributed by atoms with Crippen molar-refractivity contribution in [2.75, 3.05) is 18.1 Å².